The third kappa shape index (κ3) is 4.19. The van der Waals surface area contributed by atoms with Crippen LogP contribution in [0.1, 0.15) is 35.8 Å². The molecule has 2 aromatic heterocycles. The smallest absolute Gasteiger partial charge is 0.253 e. The summed E-state index contributed by atoms with van der Waals surface area (Å²) in [6, 6.07) is 15.1. The molecule has 1 fully saturated rings. The molecule has 9 heteroatoms. The molecule has 1 saturated heterocycles. The number of aromatic amines is 1. The third-order valence-corrected chi connectivity index (χ3v) is 6.18. The zero-order valence-corrected chi connectivity index (χ0v) is 18.7. The molecule has 0 bridgehead atoms. The van der Waals surface area contributed by atoms with E-state index >= 15 is 0 Å². The van der Waals surface area contributed by atoms with Gasteiger partial charge >= 0.3 is 0 Å². The quantitative estimate of drug-likeness (QED) is 0.466. The minimum atomic E-state index is -0.337. The molecule has 0 aliphatic carbocycles. The molecule has 2 aromatic carbocycles. The lowest BCUT2D eigenvalue weighted by Gasteiger charge is -2.26. The van der Waals surface area contributed by atoms with Gasteiger partial charge < -0.3 is 14.5 Å². The first kappa shape index (κ1) is 21.1. The number of hydrogen-bond donors (Lipinski definition) is 1. The maximum absolute atomic E-state index is 13.3. The summed E-state index contributed by atoms with van der Waals surface area (Å²) >= 11 is 0. The van der Waals surface area contributed by atoms with Gasteiger partial charge in [0, 0.05) is 11.6 Å². The number of aromatic nitrogens is 5. The molecule has 3 heterocycles. The van der Waals surface area contributed by atoms with E-state index in [2.05, 4.69) is 25.4 Å². The molecule has 0 amide bonds. The number of tetrazole rings is 1. The summed E-state index contributed by atoms with van der Waals surface area (Å²) in [6.07, 6.45) is 2.17. The van der Waals surface area contributed by atoms with E-state index < -0.39 is 0 Å². The van der Waals surface area contributed by atoms with Gasteiger partial charge in [-0.05, 0) is 77.6 Å². The second-order valence-electron chi connectivity index (χ2n) is 8.20. The van der Waals surface area contributed by atoms with Gasteiger partial charge in [-0.3, -0.25) is 9.69 Å². The van der Waals surface area contributed by atoms with Gasteiger partial charge in [0.05, 0.1) is 26.3 Å². The van der Waals surface area contributed by atoms with E-state index in [0.29, 0.717) is 23.7 Å². The number of nitrogens with one attached hydrogen (secondary N) is 1. The number of H-pyrrole nitrogens is 1. The van der Waals surface area contributed by atoms with Crippen LogP contribution in [0.15, 0.2) is 53.3 Å². The van der Waals surface area contributed by atoms with Crippen LogP contribution in [-0.4, -0.2) is 57.4 Å². The van der Waals surface area contributed by atoms with Crippen LogP contribution < -0.4 is 15.0 Å². The highest BCUT2D eigenvalue weighted by molar-refractivity contribution is 5.80. The van der Waals surface area contributed by atoms with Crippen molar-refractivity contribution in [3.05, 3.63) is 75.8 Å². The van der Waals surface area contributed by atoms with E-state index in [4.69, 9.17) is 9.47 Å². The predicted octanol–water partition coefficient (Wildman–Crippen LogP) is 2.77. The van der Waals surface area contributed by atoms with E-state index in [-0.39, 0.29) is 11.6 Å². The first-order chi connectivity index (χ1) is 16.2. The maximum atomic E-state index is 13.3. The molecule has 4 aromatic rings. The summed E-state index contributed by atoms with van der Waals surface area (Å²) in [7, 11) is 3.26. The zero-order valence-electron chi connectivity index (χ0n) is 18.7. The SMILES string of the molecule is COc1ccc(Cn2nnnc2[C@@H](c2cc3ccc(OC)cc3[nH]c2=O)N2CCCC2)cc1. The number of rotatable bonds is 7. The molecular weight excluding hydrogens is 420 g/mol. The van der Waals surface area contributed by atoms with Crippen LogP contribution in [0.2, 0.25) is 0 Å². The van der Waals surface area contributed by atoms with E-state index in [9.17, 15) is 4.79 Å². The average Bonchev–Trinajstić information content (AvgIpc) is 3.53. The second kappa shape index (κ2) is 9.03. The predicted molar refractivity (Wildman–Crippen MR) is 124 cm³/mol. The van der Waals surface area contributed by atoms with Crippen molar-refractivity contribution in [1.82, 2.24) is 30.1 Å². The molecule has 0 saturated carbocycles. The molecule has 1 aliphatic heterocycles. The van der Waals surface area contributed by atoms with Gasteiger partial charge in [0.15, 0.2) is 5.82 Å². The van der Waals surface area contributed by atoms with E-state index in [1.54, 1.807) is 18.9 Å². The van der Waals surface area contributed by atoms with Crippen LogP contribution in [0.5, 0.6) is 11.5 Å². The number of hydrogen-bond acceptors (Lipinski definition) is 7. The van der Waals surface area contributed by atoms with Crippen LogP contribution in [0.25, 0.3) is 10.9 Å². The van der Waals surface area contributed by atoms with Gasteiger partial charge in [-0.1, -0.05) is 12.1 Å². The van der Waals surface area contributed by atoms with E-state index in [1.807, 2.05) is 48.5 Å². The molecule has 1 aliphatic rings. The van der Waals surface area contributed by atoms with Crippen LogP contribution in [0.4, 0.5) is 0 Å². The Balaban J connectivity index is 1.57. The van der Waals surface area contributed by atoms with Gasteiger partial charge in [-0.15, -0.1) is 5.10 Å². The molecule has 1 N–H and O–H groups in total. The Labute approximate surface area is 190 Å². The number of methoxy groups -OCH3 is 2. The lowest BCUT2D eigenvalue weighted by Crippen LogP contribution is -2.33. The molecule has 0 spiro atoms. The Morgan fingerprint density at radius 2 is 1.73 bits per heavy atom. The number of likely N-dealkylation sites (tertiary alicyclic amines) is 1. The summed E-state index contributed by atoms with van der Waals surface area (Å²) in [5.74, 6) is 2.15. The molecular formula is C24H26N6O3. The van der Waals surface area contributed by atoms with Gasteiger partial charge in [0.1, 0.15) is 17.5 Å². The first-order valence-corrected chi connectivity index (χ1v) is 11.0. The van der Waals surface area contributed by atoms with Crippen molar-refractivity contribution in [2.45, 2.75) is 25.4 Å². The summed E-state index contributed by atoms with van der Waals surface area (Å²) < 4.78 is 12.3. The Bertz CT molecular complexity index is 1310. The number of ether oxygens (including phenoxy) is 2. The monoisotopic (exact) mass is 446 g/mol. The van der Waals surface area contributed by atoms with Crippen LogP contribution in [-0.2, 0) is 6.54 Å². The number of pyridine rings is 1. The third-order valence-electron chi connectivity index (χ3n) is 6.18. The van der Waals surface area contributed by atoms with Crippen molar-refractivity contribution in [2.75, 3.05) is 27.3 Å². The molecule has 1 atom stereocenters. The lowest BCUT2D eigenvalue weighted by atomic mass is 10.0. The second-order valence-corrected chi connectivity index (χ2v) is 8.20. The summed E-state index contributed by atoms with van der Waals surface area (Å²) in [5, 5.41) is 13.5. The van der Waals surface area contributed by atoms with Gasteiger partial charge in [0.2, 0.25) is 0 Å². The molecule has 9 nitrogen and oxygen atoms in total. The van der Waals surface area contributed by atoms with Gasteiger partial charge in [0.25, 0.3) is 5.56 Å². The van der Waals surface area contributed by atoms with Crippen molar-refractivity contribution >= 4 is 10.9 Å². The Morgan fingerprint density at radius 1 is 1.00 bits per heavy atom. The first-order valence-electron chi connectivity index (χ1n) is 11.0. The Kier molecular flexibility index (Phi) is 5.78. The minimum Gasteiger partial charge on any atom is -0.497 e. The largest absolute Gasteiger partial charge is 0.497 e. The summed E-state index contributed by atoms with van der Waals surface area (Å²) in [6.45, 7) is 2.28. The van der Waals surface area contributed by atoms with Crippen LogP contribution >= 0.6 is 0 Å². The zero-order chi connectivity index (χ0) is 22.8. The fourth-order valence-corrected chi connectivity index (χ4v) is 4.45. The van der Waals surface area contributed by atoms with Crippen molar-refractivity contribution in [1.29, 1.82) is 0 Å². The highest BCUT2D eigenvalue weighted by Crippen LogP contribution is 2.30. The standard InChI is InChI=1S/C24H26N6O3/c1-32-18-8-5-16(6-9-18)15-30-23(26-27-28-30)22(29-11-3-4-12-29)20-13-17-7-10-19(33-2)14-21(17)25-24(20)31/h5-10,13-14,22H,3-4,11-12,15H2,1-2H3,(H,25,31)/t22-/m1/s1. The average molecular weight is 447 g/mol. The normalized spacial score (nSPS) is 15.1. The van der Waals surface area contributed by atoms with Crippen molar-refractivity contribution in [2.24, 2.45) is 0 Å². The van der Waals surface area contributed by atoms with Crippen molar-refractivity contribution in [3.8, 4) is 11.5 Å². The molecule has 0 radical (unpaired) electrons. The highest BCUT2D eigenvalue weighted by Gasteiger charge is 2.32. The lowest BCUT2D eigenvalue weighted by molar-refractivity contribution is 0.263. The minimum absolute atomic E-state index is 0.147. The molecule has 5 rings (SSSR count). The van der Waals surface area contributed by atoms with Gasteiger partial charge in [-0.2, -0.15) is 0 Å². The summed E-state index contributed by atoms with van der Waals surface area (Å²) in [5.41, 5.74) is 2.28. The number of nitrogens with zero attached hydrogens (tertiary/aromatic N) is 5. The number of fused-ring (bicyclic) bond motifs is 1. The fraction of sp³-hybridized carbons (Fsp3) is 0.333. The molecule has 33 heavy (non-hydrogen) atoms. The Hall–Kier alpha value is -3.72. The Morgan fingerprint density at radius 3 is 2.45 bits per heavy atom. The maximum Gasteiger partial charge on any atom is 0.253 e. The molecule has 0 unspecified atom stereocenters. The number of benzene rings is 2. The molecule has 170 valence electrons. The highest BCUT2D eigenvalue weighted by atomic mass is 16.5. The fourth-order valence-electron chi connectivity index (χ4n) is 4.45. The summed E-state index contributed by atoms with van der Waals surface area (Å²) in [4.78, 5) is 18.6. The van der Waals surface area contributed by atoms with Gasteiger partial charge in [-0.25, -0.2) is 4.68 Å². The van der Waals surface area contributed by atoms with Crippen molar-refractivity contribution in [3.63, 3.8) is 0 Å². The topological polar surface area (TPSA) is 98.2 Å². The van der Waals surface area contributed by atoms with E-state index in [1.165, 1.54) is 0 Å². The van der Waals surface area contributed by atoms with Crippen molar-refractivity contribution < 1.29 is 9.47 Å². The van der Waals surface area contributed by atoms with Crippen LogP contribution in [0.3, 0.4) is 0 Å². The van der Waals surface area contributed by atoms with E-state index in [0.717, 1.165) is 48.1 Å². The van der Waals surface area contributed by atoms with Crippen LogP contribution in [0, 0.1) is 0 Å².